The van der Waals surface area contributed by atoms with E-state index in [1.807, 2.05) is 31.2 Å². The molecule has 2 aromatic heterocycles. The molecular weight excluding hydrogens is 406 g/mol. The van der Waals surface area contributed by atoms with Gasteiger partial charge in [-0.15, -0.1) is 11.3 Å². The van der Waals surface area contributed by atoms with Crippen LogP contribution in [-0.2, 0) is 11.3 Å². The van der Waals surface area contributed by atoms with Crippen molar-refractivity contribution >= 4 is 33.9 Å². The van der Waals surface area contributed by atoms with Crippen LogP contribution in [0.4, 0.5) is 5.13 Å². The van der Waals surface area contributed by atoms with Crippen LogP contribution in [0.2, 0.25) is 0 Å². The SMILES string of the molecule is Cc1sc(-c2cccc(C#N)c2)cc1C(=O)Nc1nc(CN2CCOCC2)ns1. The van der Waals surface area contributed by atoms with Crippen molar-refractivity contribution in [3.05, 3.63) is 52.2 Å². The van der Waals surface area contributed by atoms with Crippen LogP contribution in [0.25, 0.3) is 10.4 Å². The minimum atomic E-state index is -0.199. The number of amides is 1. The molecule has 4 rings (SSSR count). The van der Waals surface area contributed by atoms with Crippen LogP contribution in [0.15, 0.2) is 30.3 Å². The predicted molar refractivity (Wildman–Crippen MR) is 113 cm³/mol. The van der Waals surface area contributed by atoms with Crippen molar-refractivity contribution in [1.82, 2.24) is 14.3 Å². The van der Waals surface area contributed by atoms with E-state index in [9.17, 15) is 4.79 Å². The molecule has 0 radical (unpaired) electrons. The molecule has 0 spiro atoms. The Bertz CT molecular complexity index is 1060. The minimum absolute atomic E-state index is 0.199. The molecule has 148 valence electrons. The minimum Gasteiger partial charge on any atom is -0.379 e. The number of hydrogen-bond acceptors (Lipinski definition) is 8. The molecule has 1 N–H and O–H groups in total. The molecule has 1 saturated heterocycles. The molecule has 0 bridgehead atoms. The monoisotopic (exact) mass is 425 g/mol. The molecule has 9 heteroatoms. The summed E-state index contributed by atoms with van der Waals surface area (Å²) in [6, 6.07) is 11.4. The van der Waals surface area contributed by atoms with Gasteiger partial charge in [0.15, 0.2) is 5.82 Å². The van der Waals surface area contributed by atoms with E-state index in [2.05, 4.69) is 25.6 Å². The summed E-state index contributed by atoms with van der Waals surface area (Å²) in [7, 11) is 0. The maximum Gasteiger partial charge on any atom is 0.258 e. The lowest BCUT2D eigenvalue weighted by Gasteiger charge is -2.25. The van der Waals surface area contributed by atoms with Gasteiger partial charge in [-0.1, -0.05) is 12.1 Å². The number of ether oxygens (including phenoxy) is 1. The molecule has 3 heterocycles. The van der Waals surface area contributed by atoms with E-state index in [1.165, 1.54) is 22.9 Å². The fraction of sp³-hybridized carbons (Fsp3) is 0.300. The van der Waals surface area contributed by atoms with E-state index in [0.29, 0.717) is 28.6 Å². The van der Waals surface area contributed by atoms with Gasteiger partial charge in [-0.2, -0.15) is 9.64 Å². The lowest BCUT2D eigenvalue weighted by molar-refractivity contribution is 0.0332. The van der Waals surface area contributed by atoms with E-state index in [1.54, 1.807) is 6.07 Å². The normalized spacial score (nSPS) is 14.5. The van der Waals surface area contributed by atoms with Gasteiger partial charge in [0.25, 0.3) is 5.91 Å². The molecule has 1 amide bonds. The first-order valence-corrected chi connectivity index (χ1v) is 10.8. The molecular formula is C20H19N5O2S2. The van der Waals surface area contributed by atoms with Crippen molar-refractivity contribution in [3.63, 3.8) is 0 Å². The van der Waals surface area contributed by atoms with Gasteiger partial charge >= 0.3 is 0 Å². The van der Waals surface area contributed by atoms with Crippen molar-refractivity contribution in [2.75, 3.05) is 31.6 Å². The van der Waals surface area contributed by atoms with Gasteiger partial charge in [0, 0.05) is 34.4 Å². The summed E-state index contributed by atoms with van der Waals surface area (Å²) in [4.78, 5) is 21.3. The summed E-state index contributed by atoms with van der Waals surface area (Å²) in [5.41, 5.74) is 2.14. The van der Waals surface area contributed by atoms with Crippen LogP contribution < -0.4 is 5.32 Å². The van der Waals surface area contributed by atoms with E-state index < -0.39 is 0 Å². The Morgan fingerprint density at radius 3 is 2.97 bits per heavy atom. The second-order valence-corrected chi connectivity index (χ2v) is 8.64. The van der Waals surface area contributed by atoms with E-state index >= 15 is 0 Å². The van der Waals surface area contributed by atoms with Crippen LogP contribution in [0.1, 0.15) is 26.6 Å². The second-order valence-electron chi connectivity index (χ2n) is 6.63. The first-order valence-electron chi connectivity index (χ1n) is 9.17. The third-order valence-electron chi connectivity index (χ3n) is 4.60. The Labute approximate surface area is 176 Å². The molecule has 0 atom stereocenters. The topological polar surface area (TPSA) is 91.1 Å². The molecule has 7 nitrogen and oxygen atoms in total. The number of nitriles is 1. The highest BCUT2D eigenvalue weighted by Gasteiger charge is 2.18. The number of morpholine rings is 1. The van der Waals surface area contributed by atoms with Gasteiger partial charge in [0.1, 0.15) is 0 Å². The zero-order valence-corrected chi connectivity index (χ0v) is 17.5. The number of thiophene rings is 1. The van der Waals surface area contributed by atoms with Gasteiger partial charge in [0.2, 0.25) is 5.13 Å². The van der Waals surface area contributed by atoms with E-state index in [4.69, 9.17) is 10.00 Å². The molecule has 1 fully saturated rings. The smallest absolute Gasteiger partial charge is 0.258 e. The van der Waals surface area contributed by atoms with Crippen molar-refractivity contribution in [2.24, 2.45) is 0 Å². The number of carbonyl (C=O) groups is 1. The van der Waals surface area contributed by atoms with Crippen LogP contribution in [0.5, 0.6) is 0 Å². The number of hydrogen-bond donors (Lipinski definition) is 1. The average molecular weight is 426 g/mol. The standard InChI is InChI=1S/C20H19N5O2S2/c1-13-16(10-17(28-13)15-4-2-3-14(9-15)11-21)19(26)23-20-22-18(24-29-20)12-25-5-7-27-8-6-25/h2-4,9-10H,5-8,12H2,1H3,(H,22,23,24,26). The third-order valence-corrected chi connectivity index (χ3v) is 6.36. The Balaban J connectivity index is 1.45. The fourth-order valence-corrected chi connectivity index (χ4v) is 4.67. The van der Waals surface area contributed by atoms with Crippen molar-refractivity contribution in [3.8, 4) is 16.5 Å². The van der Waals surface area contributed by atoms with Gasteiger partial charge in [0.05, 0.1) is 37.0 Å². The summed E-state index contributed by atoms with van der Waals surface area (Å²) in [6.45, 7) is 5.76. The number of nitrogens with one attached hydrogen (secondary N) is 1. The first kappa shape index (κ1) is 19.7. The van der Waals surface area contributed by atoms with Gasteiger partial charge < -0.3 is 4.74 Å². The zero-order valence-electron chi connectivity index (χ0n) is 15.8. The Morgan fingerprint density at radius 2 is 2.17 bits per heavy atom. The molecule has 1 aromatic carbocycles. The van der Waals surface area contributed by atoms with Gasteiger partial charge in [-0.3, -0.25) is 15.0 Å². The van der Waals surface area contributed by atoms with Crippen LogP contribution in [0, 0.1) is 18.3 Å². The predicted octanol–water partition coefficient (Wildman–Crippen LogP) is 3.53. The average Bonchev–Trinajstić information content (AvgIpc) is 3.35. The Morgan fingerprint density at radius 1 is 1.34 bits per heavy atom. The second kappa shape index (κ2) is 8.80. The maximum absolute atomic E-state index is 12.8. The number of carbonyl (C=O) groups excluding carboxylic acids is 1. The van der Waals surface area contributed by atoms with Gasteiger partial charge in [-0.25, -0.2) is 4.98 Å². The first-order chi connectivity index (χ1) is 14.1. The van der Waals surface area contributed by atoms with Crippen molar-refractivity contribution < 1.29 is 9.53 Å². The summed E-state index contributed by atoms with van der Waals surface area (Å²) >= 11 is 2.72. The summed E-state index contributed by atoms with van der Waals surface area (Å²) in [6.07, 6.45) is 0. The highest BCUT2D eigenvalue weighted by molar-refractivity contribution is 7.15. The lowest BCUT2D eigenvalue weighted by atomic mass is 10.1. The number of anilines is 1. The molecule has 0 aliphatic carbocycles. The van der Waals surface area contributed by atoms with Crippen LogP contribution >= 0.6 is 22.9 Å². The fourth-order valence-electron chi connectivity index (χ4n) is 3.08. The zero-order chi connectivity index (χ0) is 20.2. The quantitative estimate of drug-likeness (QED) is 0.672. The van der Waals surface area contributed by atoms with Crippen LogP contribution in [-0.4, -0.2) is 46.5 Å². The number of rotatable bonds is 5. The number of nitrogens with zero attached hydrogens (tertiary/aromatic N) is 4. The van der Waals surface area contributed by atoms with E-state index in [-0.39, 0.29) is 5.91 Å². The largest absolute Gasteiger partial charge is 0.379 e. The molecule has 29 heavy (non-hydrogen) atoms. The van der Waals surface area contributed by atoms with Gasteiger partial charge in [-0.05, 0) is 30.7 Å². The molecule has 0 saturated carbocycles. The number of aromatic nitrogens is 2. The molecule has 1 aliphatic heterocycles. The molecule has 0 unspecified atom stereocenters. The van der Waals surface area contributed by atoms with Crippen LogP contribution in [0.3, 0.4) is 0 Å². The Hall–Kier alpha value is -2.64. The van der Waals surface area contributed by atoms with E-state index in [0.717, 1.165) is 41.6 Å². The highest BCUT2D eigenvalue weighted by Crippen LogP contribution is 2.32. The summed E-state index contributed by atoms with van der Waals surface area (Å²) < 4.78 is 9.71. The number of aryl methyl sites for hydroxylation is 1. The van der Waals surface area contributed by atoms with Crippen molar-refractivity contribution in [2.45, 2.75) is 13.5 Å². The maximum atomic E-state index is 12.8. The Kier molecular flexibility index (Phi) is 5.97. The van der Waals surface area contributed by atoms with Crippen molar-refractivity contribution in [1.29, 1.82) is 5.26 Å². The lowest BCUT2D eigenvalue weighted by Crippen LogP contribution is -2.35. The summed E-state index contributed by atoms with van der Waals surface area (Å²) in [5.74, 6) is 0.513. The third kappa shape index (κ3) is 4.68. The highest BCUT2D eigenvalue weighted by atomic mass is 32.1. The molecule has 3 aromatic rings. The summed E-state index contributed by atoms with van der Waals surface area (Å²) in [5, 5.41) is 12.5. The molecule has 1 aliphatic rings. The number of benzene rings is 1.